The van der Waals surface area contributed by atoms with E-state index in [-0.39, 0.29) is 0 Å². The average molecular weight is 902 g/mol. The number of rotatable bonds is 14. The van der Waals surface area contributed by atoms with Gasteiger partial charge in [-0.1, -0.05) is 0 Å². The van der Waals surface area contributed by atoms with Crippen molar-refractivity contribution < 1.29 is 159 Å². The summed E-state index contributed by atoms with van der Waals surface area (Å²) in [6, 6.07) is 0. The third-order valence-electron chi connectivity index (χ3n) is 6.17. The van der Waals surface area contributed by atoms with Crippen molar-refractivity contribution in [2.45, 2.75) is 94.8 Å². The topological polar surface area (TPSA) is 37.3 Å². The van der Waals surface area contributed by atoms with Crippen molar-refractivity contribution in [2.75, 3.05) is 0 Å². The predicted molar refractivity (Wildman–Crippen MR) is 91.2 cm³/mol. The Morgan fingerprint density at radius 2 is 0.340 bits per heavy atom. The first-order valence-corrected chi connectivity index (χ1v) is 12.4. The molecule has 0 rings (SSSR count). The summed E-state index contributed by atoms with van der Waals surface area (Å²) >= 11 is 0. The van der Waals surface area contributed by atoms with Gasteiger partial charge in [-0.2, -0.15) is 149 Å². The number of hydrogen-bond donors (Lipinski definition) is 1. The second-order valence-corrected chi connectivity index (χ2v) is 11.8. The number of alkyl halides is 34. The maximum absolute atomic E-state index is 14.0. The molecule has 0 aromatic carbocycles. The van der Waals surface area contributed by atoms with E-state index >= 15 is 0 Å². The zero-order valence-electron chi connectivity index (χ0n) is 22.2. The molecule has 1 N–H and O–H groups in total. The van der Waals surface area contributed by atoms with Crippen LogP contribution in [0, 0.1) is 0 Å². The SMILES string of the molecule is O=P(O)(C(F)(F)C(F)(F)C(F)(F)C(F)(F)C(F)(F)C(F)(F)F)C(F)(F)C(F)(F)C(F)(F)C(F)(F)C(F)(F)C(F)(F)C(F)(F)C(F)(F)C(F)(F)C(F)(F)F. The minimum atomic E-state index is -11.2. The van der Waals surface area contributed by atoms with Crippen LogP contribution in [-0.2, 0) is 4.57 Å². The van der Waals surface area contributed by atoms with Gasteiger partial charge in [-0.15, -0.1) is 0 Å². The second-order valence-electron chi connectivity index (χ2n) is 9.55. The van der Waals surface area contributed by atoms with Gasteiger partial charge in [0.25, 0.3) is 0 Å². The molecule has 0 spiro atoms. The van der Waals surface area contributed by atoms with E-state index in [4.69, 9.17) is 4.89 Å². The van der Waals surface area contributed by atoms with Gasteiger partial charge in [0, 0.05) is 0 Å². The van der Waals surface area contributed by atoms with Crippen molar-refractivity contribution in [1.29, 1.82) is 0 Å². The molecule has 0 aliphatic rings. The summed E-state index contributed by atoms with van der Waals surface area (Å²) in [6.45, 7) is 0. The van der Waals surface area contributed by atoms with Gasteiger partial charge < -0.3 is 4.89 Å². The fraction of sp³-hybridized carbons (Fsp3) is 1.00. The van der Waals surface area contributed by atoms with Gasteiger partial charge >= 0.3 is 102 Å². The number of halogens is 34. The molecule has 0 aromatic heterocycles. The lowest BCUT2D eigenvalue weighted by Crippen LogP contribution is -2.77. The Balaban J connectivity index is 7.80. The molecule has 0 bridgehead atoms. The fourth-order valence-electron chi connectivity index (χ4n) is 2.87. The Hall–Kier alpha value is -2.19. The highest BCUT2D eigenvalue weighted by Crippen LogP contribution is 2.79. The first kappa shape index (κ1) is 50.8. The van der Waals surface area contributed by atoms with Gasteiger partial charge in [-0.05, 0) is 0 Å². The summed E-state index contributed by atoms with van der Waals surface area (Å²) in [5, 5.41) is 0. The highest BCUT2D eigenvalue weighted by Gasteiger charge is 3.01. The lowest BCUT2D eigenvalue weighted by Gasteiger charge is -2.45. The van der Waals surface area contributed by atoms with E-state index in [1.54, 1.807) is 0 Å². The molecular formula is C16HF34O2P. The van der Waals surface area contributed by atoms with E-state index in [2.05, 4.69) is 0 Å². The first-order valence-electron chi connectivity index (χ1n) is 10.8. The lowest BCUT2D eigenvalue weighted by atomic mass is 9.87. The minimum Gasteiger partial charge on any atom is -0.336 e. The summed E-state index contributed by atoms with van der Waals surface area (Å²) in [7, 11) is -11.2. The third kappa shape index (κ3) is 5.66. The van der Waals surface area contributed by atoms with Gasteiger partial charge in [0.2, 0.25) is 0 Å². The van der Waals surface area contributed by atoms with Gasteiger partial charge in [-0.3, -0.25) is 4.57 Å². The van der Waals surface area contributed by atoms with Crippen molar-refractivity contribution in [2.24, 2.45) is 0 Å². The van der Waals surface area contributed by atoms with Gasteiger partial charge in [-0.25, -0.2) is 0 Å². The molecule has 1 atom stereocenters. The monoisotopic (exact) mass is 902 g/mol. The van der Waals surface area contributed by atoms with Gasteiger partial charge in [0.15, 0.2) is 0 Å². The van der Waals surface area contributed by atoms with E-state index in [0.29, 0.717) is 0 Å². The quantitative estimate of drug-likeness (QED) is 0.139. The van der Waals surface area contributed by atoms with Crippen molar-refractivity contribution >= 4 is 7.37 Å². The van der Waals surface area contributed by atoms with E-state index < -0.39 is 102 Å². The number of hydrogen-bond acceptors (Lipinski definition) is 1. The highest BCUT2D eigenvalue weighted by molar-refractivity contribution is 7.60. The Kier molecular flexibility index (Phi) is 11.4. The van der Waals surface area contributed by atoms with Crippen molar-refractivity contribution in [3.8, 4) is 0 Å². The third-order valence-corrected chi connectivity index (χ3v) is 8.26. The normalized spacial score (nSPS) is 18.3. The van der Waals surface area contributed by atoms with Gasteiger partial charge in [0.05, 0.1) is 0 Å². The summed E-state index contributed by atoms with van der Waals surface area (Å²) in [5.74, 6) is -116. The molecule has 1 unspecified atom stereocenters. The molecule has 37 heteroatoms. The summed E-state index contributed by atoms with van der Waals surface area (Å²) in [6.07, 6.45) is -16.8. The maximum atomic E-state index is 14.0. The van der Waals surface area contributed by atoms with Crippen LogP contribution in [0.3, 0.4) is 0 Å². The Morgan fingerprint density at radius 3 is 0.472 bits per heavy atom. The predicted octanol–water partition coefficient (Wildman–Crippen LogP) is 11.2. The zero-order chi connectivity index (χ0) is 44.5. The van der Waals surface area contributed by atoms with Crippen LogP contribution in [0.4, 0.5) is 149 Å². The molecule has 0 amide bonds. The van der Waals surface area contributed by atoms with E-state index in [1.807, 2.05) is 0 Å². The molecule has 0 aliphatic heterocycles. The average Bonchev–Trinajstić information content (AvgIpc) is 2.89. The van der Waals surface area contributed by atoms with E-state index in [1.165, 1.54) is 0 Å². The maximum Gasteiger partial charge on any atom is 0.460 e. The highest BCUT2D eigenvalue weighted by atomic mass is 31.2. The molecule has 0 radical (unpaired) electrons. The summed E-state index contributed by atoms with van der Waals surface area (Å²) in [4.78, 5) is 8.41. The standard InChI is InChI=1S/C16HF34O2P/c17-1(18,3(21,22)5(25,26)9(33,34)13(41,42)43)2(19,20)4(23,24)7(29,30)11(37,38)15(47,48)53(51,52)16(49,50)12(39,40)8(31,32)6(27,28)10(35,36)14(44,45)46/h(H,51,52). The Morgan fingerprint density at radius 1 is 0.226 bits per heavy atom. The molecule has 0 fully saturated rings. The second kappa shape index (κ2) is 11.9. The zero-order valence-corrected chi connectivity index (χ0v) is 23.0. The molecule has 320 valence electrons. The molecule has 0 saturated carbocycles. The van der Waals surface area contributed by atoms with Crippen LogP contribution >= 0.6 is 7.37 Å². The van der Waals surface area contributed by atoms with Crippen molar-refractivity contribution in [3.63, 3.8) is 0 Å². The fourth-order valence-corrected chi connectivity index (χ4v) is 4.26. The smallest absolute Gasteiger partial charge is 0.336 e. The molecule has 0 aromatic rings. The van der Waals surface area contributed by atoms with Crippen molar-refractivity contribution in [3.05, 3.63) is 0 Å². The lowest BCUT2D eigenvalue weighted by molar-refractivity contribution is -0.472. The van der Waals surface area contributed by atoms with E-state index in [9.17, 15) is 154 Å². The summed E-state index contributed by atoms with van der Waals surface area (Å²) < 4.78 is 461. The van der Waals surface area contributed by atoms with Crippen LogP contribution in [0.5, 0.6) is 0 Å². The molecule has 53 heavy (non-hydrogen) atoms. The first-order chi connectivity index (χ1) is 22.0. The molecular weight excluding hydrogens is 901 g/mol. The molecule has 0 aliphatic carbocycles. The molecule has 2 nitrogen and oxygen atoms in total. The van der Waals surface area contributed by atoms with Crippen LogP contribution in [0.2, 0.25) is 0 Å². The van der Waals surface area contributed by atoms with Crippen LogP contribution in [0.25, 0.3) is 0 Å². The molecule has 0 saturated heterocycles. The largest absolute Gasteiger partial charge is 0.460 e. The minimum absolute atomic E-state index is 8.38. The Bertz CT molecular complexity index is 1410. The van der Waals surface area contributed by atoms with Crippen LogP contribution < -0.4 is 0 Å². The summed E-state index contributed by atoms with van der Waals surface area (Å²) in [5.41, 5.74) is -19.6. The van der Waals surface area contributed by atoms with Crippen LogP contribution in [0.15, 0.2) is 0 Å². The Labute approximate surface area is 262 Å². The van der Waals surface area contributed by atoms with E-state index in [0.717, 1.165) is 0 Å². The van der Waals surface area contributed by atoms with Gasteiger partial charge in [0.1, 0.15) is 0 Å². The van der Waals surface area contributed by atoms with Crippen molar-refractivity contribution in [1.82, 2.24) is 0 Å². The molecule has 0 heterocycles. The van der Waals surface area contributed by atoms with Crippen LogP contribution in [-0.4, -0.2) is 99.6 Å². The van der Waals surface area contributed by atoms with Crippen LogP contribution in [0.1, 0.15) is 0 Å².